The SMILES string of the molecule is CCOc1cc(/C=C2\SC(=O)N(CC(=O)Nc3ccc(F)c(Cl)c3)C2=O)ccc1OCC(=O)N1CCCC1. The Morgan fingerprint density at radius 1 is 1.11 bits per heavy atom. The molecule has 2 heterocycles. The molecule has 0 radical (unpaired) electrons. The fourth-order valence-corrected chi connectivity index (χ4v) is 4.92. The first kappa shape index (κ1) is 27.5. The van der Waals surface area contributed by atoms with Crippen molar-refractivity contribution >= 4 is 58.1 Å². The Hall–Kier alpha value is -3.57. The van der Waals surface area contributed by atoms with Gasteiger partial charge in [0.25, 0.3) is 17.1 Å². The number of hydrogen-bond acceptors (Lipinski definition) is 7. The lowest BCUT2D eigenvalue weighted by molar-refractivity contribution is -0.132. The van der Waals surface area contributed by atoms with Crippen LogP contribution in [0.2, 0.25) is 5.02 Å². The lowest BCUT2D eigenvalue weighted by Crippen LogP contribution is -2.36. The van der Waals surface area contributed by atoms with Gasteiger partial charge in [-0.15, -0.1) is 0 Å². The number of benzene rings is 2. The van der Waals surface area contributed by atoms with Crippen molar-refractivity contribution in [2.75, 3.05) is 38.2 Å². The van der Waals surface area contributed by atoms with E-state index in [0.717, 1.165) is 36.9 Å². The molecule has 12 heteroatoms. The number of amides is 4. The van der Waals surface area contributed by atoms with Gasteiger partial charge in [-0.2, -0.15) is 0 Å². The lowest BCUT2D eigenvalue weighted by atomic mass is 10.2. The Morgan fingerprint density at radius 3 is 2.58 bits per heavy atom. The fraction of sp³-hybridized carbons (Fsp3) is 0.308. The first-order valence-electron chi connectivity index (χ1n) is 11.9. The van der Waals surface area contributed by atoms with Crippen molar-refractivity contribution in [2.45, 2.75) is 19.8 Å². The predicted octanol–water partition coefficient (Wildman–Crippen LogP) is 4.55. The van der Waals surface area contributed by atoms with Crippen molar-refractivity contribution in [3.8, 4) is 11.5 Å². The molecule has 2 saturated heterocycles. The number of carbonyl (C=O) groups is 4. The smallest absolute Gasteiger partial charge is 0.294 e. The van der Waals surface area contributed by atoms with Crippen LogP contribution in [0.5, 0.6) is 11.5 Å². The monoisotopic (exact) mass is 561 g/mol. The summed E-state index contributed by atoms with van der Waals surface area (Å²) in [5.41, 5.74) is 0.805. The van der Waals surface area contributed by atoms with Crippen LogP contribution < -0.4 is 14.8 Å². The van der Waals surface area contributed by atoms with E-state index in [0.29, 0.717) is 35.4 Å². The summed E-state index contributed by atoms with van der Waals surface area (Å²) >= 11 is 6.43. The average molecular weight is 562 g/mol. The maximum Gasteiger partial charge on any atom is 0.294 e. The summed E-state index contributed by atoms with van der Waals surface area (Å²) in [7, 11) is 0. The topological polar surface area (TPSA) is 105 Å². The summed E-state index contributed by atoms with van der Waals surface area (Å²) in [4.78, 5) is 52.7. The van der Waals surface area contributed by atoms with E-state index < -0.39 is 29.4 Å². The first-order valence-corrected chi connectivity index (χ1v) is 13.1. The summed E-state index contributed by atoms with van der Waals surface area (Å²) in [6, 6.07) is 8.61. The van der Waals surface area contributed by atoms with Crippen molar-refractivity contribution in [2.24, 2.45) is 0 Å². The van der Waals surface area contributed by atoms with Gasteiger partial charge in [0.15, 0.2) is 18.1 Å². The van der Waals surface area contributed by atoms with Crippen molar-refractivity contribution < 1.29 is 33.0 Å². The highest BCUT2D eigenvalue weighted by Gasteiger charge is 2.36. The zero-order valence-corrected chi connectivity index (χ0v) is 22.1. The minimum Gasteiger partial charge on any atom is -0.490 e. The molecule has 200 valence electrons. The number of hydrogen-bond donors (Lipinski definition) is 1. The molecule has 38 heavy (non-hydrogen) atoms. The molecule has 4 amide bonds. The quantitative estimate of drug-likeness (QED) is 0.448. The maximum atomic E-state index is 13.3. The summed E-state index contributed by atoms with van der Waals surface area (Å²) in [6.07, 6.45) is 3.50. The van der Waals surface area contributed by atoms with Crippen LogP contribution in [0.4, 0.5) is 14.9 Å². The highest BCUT2D eigenvalue weighted by molar-refractivity contribution is 8.18. The molecule has 2 aromatic carbocycles. The van der Waals surface area contributed by atoms with Crippen LogP contribution in [0.15, 0.2) is 41.3 Å². The highest BCUT2D eigenvalue weighted by atomic mass is 35.5. The van der Waals surface area contributed by atoms with Crippen LogP contribution in [0.1, 0.15) is 25.3 Å². The normalized spacial score (nSPS) is 16.3. The van der Waals surface area contributed by atoms with Gasteiger partial charge in [-0.05, 0) is 73.5 Å². The van der Waals surface area contributed by atoms with Crippen LogP contribution in [0, 0.1) is 5.82 Å². The predicted molar refractivity (Wildman–Crippen MR) is 142 cm³/mol. The maximum absolute atomic E-state index is 13.3. The van der Waals surface area contributed by atoms with Crippen LogP contribution in [-0.4, -0.2) is 65.6 Å². The molecule has 1 N–H and O–H groups in total. The molecule has 2 fully saturated rings. The fourth-order valence-electron chi connectivity index (χ4n) is 3.90. The van der Waals surface area contributed by atoms with Gasteiger partial charge in [0.2, 0.25) is 5.91 Å². The van der Waals surface area contributed by atoms with E-state index in [9.17, 15) is 23.6 Å². The minimum absolute atomic E-state index is 0.0886. The highest BCUT2D eigenvalue weighted by Crippen LogP contribution is 2.35. The third-order valence-electron chi connectivity index (χ3n) is 5.75. The largest absolute Gasteiger partial charge is 0.490 e. The molecular weight excluding hydrogens is 537 g/mol. The van der Waals surface area contributed by atoms with Crippen molar-refractivity contribution in [3.05, 3.63) is 57.7 Å². The van der Waals surface area contributed by atoms with Crippen molar-refractivity contribution in [3.63, 3.8) is 0 Å². The molecule has 0 aromatic heterocycles. The van der Waals surface area contributed by atoms with E-state index in [-0.39, 0.29) is 28.1 Å². The number of likely N-dealkylation sites (tertiary alicyclic amines) is 1. The van der Waals surface area contributed by atoms with Gasteiger partial charge in [0, 0.05) is 18.8 Å². The zero-order valence-electron chi connectivity index (χ0n) is 20.5. The van der Waals surface area contributed by atoms with E-state index in [4.69, 9.17) is 21.1 Å². The van der Waals surface area contributed by atoms with Crippen LogP contribution in [0.25, 0.3) is 6.08 Å². The number of rotatable bonds is 9. The van der Waals surface area contributed by atoms with Gasteiger partial charge >= 0.3 is 0 Å². The molecule has 0 aliphatic carbocycles. The summed E-state index contributed by atoms with van der Waals surface area (Å²) in [5, 5.41) is 1.72. The van der Waals surface area contributed by atoms with E-state index in [1.807, 2.05) is 6.92 Å². The Labute approximate surface area is 227 Å². The van der Waals surface area contributed by atoms with Crippen molar-refractivity contribution in [1.82, 2.24) is 9.80 Å². The average Bonchev–Trinajstić information content (AvgIpc) is 3.51. The number of halogens is 2. The number of anilines is 1. The van der Waals surface area contributed by atoms with E-state index in [1.165, 1.54) is 18.2 Å². The van der Waals surface area contributed by atoms with Crippen LogP contribution >= 0.6 is 23.4 Å². The molecule has 0 unspecified atom stereocenters. The molecule has 2 aliphatic heterocycles. The van der Waals surface area contributed by atoms with Gasteiger partial charge in [-0.25, -0.2) is 4.39 Å². The number of imide groups is 1. The number of nitrogens with one attached hydrogen (secondary N) is 1. The number of thioether (sulfide) groups is 1. The first-order chi connectivity index (χ1) is 18.2. The summed E-state index contributed by atoms with van der Waals surface area (Å²) < 4.78 is 24.7. The van der Waals surface area contributed by atoms with Crippen LogP contribution in [-0.2, 0) is 14.4 Å². The Balaban J connectivity index is 1.41. The van der Waals surface area contributed by atoms with Gasteiger partial charge in [0.05, 0.1) is 16.5 Å². The summed E-state index contributed by atoms with van der Waals surface area (Å²) in [5.74, 6) is -1.20. The Bertz CT molecular complexity index is 1300. The third kappa shape index (κ3) is 6.65. The molecule has 0 atom stereocenters. The second-order valence-electron chi connectivity index (χ2n) is 8.46. The van der Waals surface area contributed by atoms with Crippen molar-refractivity contribution in [1.29, 1.82) is 0 Å². The molecule has 2 aromatic rings. The number of nitrogens with zero attached hydrogens (tertiary/aromatic N) is 2. The molecule has 4 rings (SSSR count). The zero-order chi connectivity index (χ0) is 27.2. The molecule has 0 spiro atoms. The third-order valence-corrected chi connectivity index (χ3v) is 6.95. The lowest BCUT2D eigenvalue weighted by Gasteiger charge is -2.17. The van der Waals surface area contributed by atoms with Gasteiger partial charge < -0.3 is 19.7 Å². The van der Waals surface area contributed by atoms with Gasteiger partial charge in [0.1, 0.15) is 12.4 Å². The van der Waals surface area contributed by atoms with Gasteiger partial charge in [-0.1, -0.05) is 17.7 Å². The number of ether oxygens (including phenoxy) is 2. The molecular formula is C26H25ClFN3O6S. The molecule has 0 bridgehead atoms. The second kappa shape index (κ2) is 12.3. The van der Waals surface area contributed by atoms with E-state index >= 15 is 0 Å². The standard InChI is InChI=1S/C26H25ClFN3O6S/c1-2-36-21-11-16(5-8-20(21)37-15-24(33)30-9-3-4-10-30)12-22-25(34)31(26(35)38-22)14-23(32)29-17-6-7-19(28)18(27)13-17/h5-8,11-13H,2-4,9-10,14-15H2,1H3,(H,29,32)/b22-12-. The Morgan fingerprint density at radius 2 is 1.87 bits per heavy atom. The van der Waals surface area contributed by atoms with Crippen LogP contribution in [0.3, 0.4) is 0 Å². The molecule has 2 aliphatic rings. The summed E-state index contributed by atoms with van der Waals surface area (Å²) in [6.45, 7) is 3.00. The molecule has 9 nitrogen and oxygen atoms in total. The van der Waals surface area contributed by atoms with Gasteiger partial charge in [-0.3, -0.25) is 24.1 Å². The molecule has 0 saturated carbocycles. The second-order valence-corrected chi connectivity index (χ2v) is 9.86. The van der Waals surface area contributed by atoms with E-state index in [2.05, 4.69) is 5.32 Å². The number of carbonyl (C=O) groups excluding carboxylic acids is 4. The Kier molecular flexibility index (Phi) is 8.90. The van der Waals surface area contributed by atoms with E-state index in [1.54, 1.807) is 23.1 Å². The minimum atomic E-state index is -0.639.